The van der Waals surface area contributed by atoms with Crippen molar-refractivity contribution in [3.05, 3.63) is 58.9 Å². The third-order valence-corrected chi connectivity index (χ3v) is 4.12. The number of nitrogens with zero attached hydrogens (tertiary/aromatic N) is 1. The number of aryl methyl sites for hydroxylation is 2. The molecular formula is C20H23FN2O3. The summed E-state index contributed by atoms with van der Waals surface area (Å²) in [6.07, 6.45) is 0.00802. The molecule has 0 saturated carbocycles. The van der Waals surface area contributed by atoms with Gasteiger partial charge in [-0.1, -0.05) is 24.3 Å². The number of carbonyl (C=O) groups is 2. The summed E-state index contributed by atoms with van der Waals surface area (Å²) in [5.74, 6) is -0.943. The van der Waals surface area contributed by atoms with Gasteiger partial charge in [-0.05, 0) is 42.7 Å². The molecule has 0 aliphatic rings. The molecule has 26 heavy (non-hydrogen) atoms. The number of likely N-dealkylation sites (N-methyl/N-ethyl adjacent to an activating group) is 1. The van der Waals surface area contributed by atoms with E-state index in [0.717, 1.165) is 16.8 Å². The van der Waals surface area contributed by atoms with E-state index in [1.165, 1.54) is 24.1 Å². The number of carbonyl (C=O) groups excluding carboxylic acids is 2. The molecule has 0 atom stereocenters. The SMILES string of the molecule is COc1ccc(CC(=O)N(C)CC(=O)Nc2c(C)cccc2C)cc1F. The van der Waals surface area contributed by atoms with Crippen molar-refractivity contribution in [1.82, 2.24) is 4.90 Å². The van der Waals surface area contributed by atoms with E-state index in [-0.39, 0.29) is 30.5 Å². The maximum absolute atomic E-state index is 13.7. The Morgan fingerprint density at radius 2 is 1.81 bits per heavy atom. The number of amides is 2. The van der Waals surface area contributed by atoms with Crippen LogP contribution in [0.5, 0.6) is 5.75 Å². The van der Waals surface area contributed by atoms with Gasteiger partial charge < -0.3 is 15.0 Å². The van der Waals surface area contributed by atoms with E-state index >= 15 is 0 Å². The Bertz CT molecular complexity index is 800. The van der Waals surface area contributed by atoms with E-state index < -0.39 is 5.82 Å². The molecule has 0 aliphatic heterocycles. The van der Waals surface area contributed by atoms with Gasteiger partial charge in [-0.25, -0.2) is 4.39 Å². The lowest BCUT2D eigenvalue weighted by Gasteiger charge is -2.18. The van der Waals surface area contributed by atoms with Crippen LogP contribution in [-0.4, -0.2) is 37.4 Å². The number of rotatable bonds is 6. The van der Waals surface area contributed by atoms with Gasteiger partial charge in [-0.3, -0.25) is 9.59 Å². The summed E-state index contributed by atoms with van der Waals surface area (Å²) in [6.45, 7) is 3.75. The first-order valence-electron chi connectivity index (χ1n) is 8.24. The predicted octanol–water partition coefficient (Wildman–Crippen LogP) is 3.09. The summed E-state index contributed by atoms with van der Waals surface area (Å²) < 4.78 is 18.6. The van der Waals surface area contributed by atoms with Gasteiger partial charge in [0.05, 0.1) is 20.1 Å². The van der Waals surface area contributed by atoms with Gasteiger partial charge in [0.15, 0.2) is 11.6 Å². The van der Waals surface area contributed by atoms with Crippen molar-refractivity contribution in [1.29, 1.82) is 0 Å². The van der Waals surface area contributed by atoms with Gasteiger partial charge in [0, 0.05) is 12.7 Å². The fourth-order valence-corrected chi connectivity index (χ4v) is 2.62. The zero-order valence-corrected chi connectivity index (χ0v) is 15.4. The Balaban J connectivity index is 1.96. The minimum Gasteiger partial charge on any atom is -0.494 e. The number of hydrogen-bond donors (Lipinski definition) is 1. The van der Waals surface area contributed by atoms with Crippen molar-refractivity contribution in [3.8, 4) is 5.75 Å². The summed E-state index contributed by atoms with van der Waals surface area (Å²) >= 11 is 0. The second-order valence-electron chi connectivity index (χ2n) is 6.21. The molecule has 0 bridgehead atoms. The van der Waals surface area contributed by atoms with Gasteiger partial charge in [0.25, 0.3) is 0 Å². The van der Waals surface area contributed by atoms with Gasteiger partial charge in [-0.2, -0.15) is 0 Å². The van der Waals surface area contributed by atoms with E-state index in [9.17, 15) is 14.0 Å². The molecule has 6 heteroatoms. The standard InChI is InChI=1S/C20H23FN2O3/c1-13-6-5-7-14(2)20(13)22-18(24)12-23(3)19(25)11-15-8-9-17(26-4)16(21)10-15/h5-10H,11-12H2,1-4H3,(H,22,24). The lowest BCUT2D eigenvalue weighted by atomic mass is 10.1. The number of nitrogens with one attached hydrogen (secondary N) is 1. The van der Waals surface area contributed by atoms with Crippen molar-refractivity contribution in [2.45, 2.75) is 20.3 Å². The lowest BCUT2D eigenvalue weighted by Crippen LogP contribution is -2.36. The van der Waals surface area contributed by atoms with Crippen LogP contribution < -0.4 is 10.1 Å². The van der Waals surface area contributed by atoms with Crippen molar-refractivity contribution >= 4 is 17.5 Å². The molecule has 5 nitrogen and oxygen atoms in total. The second kappa shape index (κ2) is 8.47. The highest BCUT2D eigenvalue weighted by Gasteiger charge is 2.16. The van der Waals surface area contributed by atoms with Crippen LogP contribution in [0.15, 0.2) is 36.4 Å². The van der Waals surface area contributed by atoms with Crippen molar-refractivity contribution < 1.29 is 18.7 Å². The molecule has 0 aliphatic carbocycles. The van der Waals surface area contributed by atoms with E-state index in [0.29, 0.717) is 5.56 Å². The maximum Gasteiger partial charge on any atom is 0.243 e. The number of benzene rings is 2. The molecule has 2 amide bonds. The lowest BCUT2D eigenvalue weighted by molar-refractivity contribution is -0.132. The summed E-state index contributed by atoms with van der Waals surface area (Å²) in [6, 6.07) is 10.1. The largest absolute Gasteiger partial charge is 0.494 e. The average molecular weight is 358 g/mol. The van der Waals surface area contributed by atoms with E-state index in [1.54, 1.807) is 13.1 Å². The van der Waals surface area contributed by atoms with Crippen LogP contribution in [0.25, 0.3) is 0 Å². The molecule has 0 aromatic heterocycles. The Labute approximate surface area is 152 Å². The first-order valence-corrected chi connectivity index (χ1v) is 8.24. The maximum atomic E-state index is 13.7. The van der Waals surface area contributed by atoms with Crippen molar-refractivity contribution in [3.63, 3.8) is 0 Å². The third-order valence-electron chi connectivity index (χ3n) is 4.12. The van der Waals surface area contributed by atoms with Crippen LogP contribution in [0.1, 0.15) is 16.7 Å². The molecule has 0 spiro atoms. The Hall–Kier alpha value is -2.89. The minimum atomic E-state index is -0.520. The molecule has 2 rings (SSSR count). The van der Waals surface area contributed by atoms with Gasteiger partial charge in [0.1, 0.15) is 0 Å². The topological polar surface area (TPSA) is 58.6 Å². The average Bonchev–Trinajstić information content (AvgIpc) is 2.58. The third kappa shape index (κ3) is 4.81. The van der Waals surface area contributed by atoms with Gasteiger partial charge in [0.2, 0.25) is 11.8 Å². The van der Waals surface area contributed by atoms with Crippen molar-refractivity contribution in [2.24, 2.45) is 0 Å². The molecule has 0 radical (unpaired) electrons. The van der Waals surface area contributed by atoms with E-state index in [1.807, 2.05) is 32.0 Å². The van der Waals surface area contributed by atoms with Crippen LogP contribution in [0.3, 0.4) is 0 Å². The number of halogens is 1. The van der Waals surface area contributed by atoms with E-state index in [2.05, 4.69) is 5.32 Å². The normalized spacial score (nSPS) is 10.3. The minimum absolute atomic E-state index is 0.00802. The van der Waals surface area contributed by atoms with Crippen LogP contribution in [-0.2, 0) is 16.0 Å². The van der Waals surface area contributed by atoms with Crippen LogP contribution >= 0.6 is 0 Å². The van der Waals surface area contributed by atoms with Gasteiger partial charge >= 0.3 is 0 Å². The van der Waals surface area contributed by atoms with Gasteiger partial charge in [-0.15, -0.1) is 0 Å². The summed E-state index contributed by atoms with van der Waals surface area (Å²) in [4.78, 5) is 25.9. The van der Waals surface area contributed by atoms with E-state index in [4.69, 9.17) is 4.74 Å². The highest BCUT2D eigenvalue weighted by molar-refractivity contribution is 5.95. The molecule has 0 saturated heterocycles. The fraction of sp³-hybridized carbons (Fsp3) is 0.300. The molecule has 0 unspecified atom stereocenters. The Morgan fingerprint density at radius 1 is 1.15 bits per heavy atom. The monoisotopic (exact) mass is 358 g/mol. The Kier molecular flexibility index (Phi) is 6.33. The van der Waals surface area contributed by atoms with Crippen LogP contribution in [0.4, 0.5) is 10.1 Å². The highest BCUT2D eigenvalue weighted by Crippen LogP contribution is 2.20. The number of anilines is 1. The summed E-state index contributed by atoms with van der Waals surface area (Å²) in [5, 5.41) is 2.84. The molecule has 0 fully saturated rings. The molecule has 0 heterocycles. The molecule has 138 valence electrons. The summed E-state index contributed by atoms with van der Waals surface area (Å²) in [7, 11) is 2.93. The number of hydrogen-bond acceptors (Lipinski definition) is 3. The first-order chi connectivity index (χ1) is 12.3. The number of methoxy groups -OCH3 is 1. The smallest absolute Gasteiger partial charge is 0.243 e. The zero-order chi connectivity index (χ0) is 19.3. The Morgan fingerprint density at radius 3 is 2.38 bits per heavy atom. The molecule has 1 N–H and O–H groups in total. The quantitative estimate of drug-likeness (QED) is 0.863. The zero-order valence-electron chi connectivity index (χ0n) is 15.4. The van der Waals surface area contributed by atoms with Crippen LogP contribution in [0, 0.1) is 19.7 Å². The fourth-order valence-electron chi connectivity index (χ4n) is 2.62. The molecule has 2 aromatic carbocycles. The second-order valence-corrected chi connectivity index (χ2v) is 6.21. The van der Waals surface area contributed by atoms with Crippen LogP contribution in [0.2, 0.25) is 0 Å². The highest BCUT2D eigenvalue weighted by atomic mass is 19.1. The summed E-state index contributed by atoms with van der Waals surface area (Å²) in [5.41, 5.74) is 3.20. The number of para-hydroxylation sites is 1. The predicted molar refractivity (Wildman–Crippen MR) is 98.8 cm³/mol. The first kappa shape index (κ1) is 19.4. The van der Waals surface area contributed by atoms with Crippen molar-refractivity contribution in [2.75, 3.05) is 26.0 Å². The molecule has 2 aromatic rings. The molecular weight excluding hydrogens is 335 g/mol. The number of ether oxygens (including phenoxy) is 1.